The summed E-state index contributed by atoms with van der Waals surface area (Å²) in [5.41, 5.74) is 4.54. The second-order valence-corrected chi connectivity index (χ2v) is 11.5. The number of hydrogen-bond acceptors (Lipinski definition) is 4. The molecule has 1 aliphatic heterocycles. The van der Waals surface area contributed by atoms with E-state index in [0.717, 1.165) is 58.5 Å². The molecular formula is C30H32N4O2S. The van der Waals surface area contributed by atoms with E-state index in [2.05, 4.69) is 30.4 Å². The number of likely N-dealkylation sites (tertiary alicyclic amines) is 1. The molecule has 4 aromatic rings. The van der Waals surface area contributed by atoms with Crippen molar-refractivity contribution in [2.24, 2.45) is 7.05 Å². The number of amides is 2. The predicted octanol–water partition coefficient (Wildman–Crippen LogP) is 5.91. The van der Waals surface area contributed by atoms with Crippen molar-refractivity contribution in [2.75, 3.05) is 13.1 Å². The molecule has 0 unspecified atom stereocenters. The number of fused-ring (bicyclic) bond motifs is 1. The Balaban J connectivity index is 1.22. The van der Waals surface area contributed by atoms with E-state index in [0.29, 0.717) is 30.3 Å². The number of aryl methyl sites for hydroxylation is 2. The van der Waals surface area contributed by atoms with E-state index >= 15 is 0 Å². The predicted molar refractivity (Wildman–Crippen MR) is 148 cm³/mol. The highest BCUT2D eigenvalue weighted by Gasteiger charge is 2.34. The van der Waals surface area contributed by atoms with Gasteiger partial charge in [-0.25, -0.2) is 4.98 Å². The first-order chi connectivity index (χ1) is 18.0. The van der Waals surface area contributed by atoms with Crippen LogP contribution in [0, 0.1) is 6.92 Å². The van der Waals surface area contributed by atoms with Crippen LogP contribution in [0.4, 0.5) is 0 Å². The molecule has 1 atom stereocenters. The molecule has 2 aliphatic rings. The molecule has 6 nitrogen and oxygen atoms in total. The molecule has 1 aliphatic carbocycles. The number of rotatable bonds is 6. The lowest BCUT2D eigenvalue weighted by Crippen LogP contribution is -2.49. The third-order valence-corrected chi connectivity index (χ3v) is 8.85. The SMILES string of the molecule is Cc1cccc(-c2sc(C3CC3)nc2C(=O)N2CCCC[C@H]2CNC(=O)c2ccc3c(ccn3C)c2)c1. The Morgan fingerprint density at radius 3 is 2.76 bits per heavy atom. The highest BCUT2D eigenvalue weighted by molar-refractivity contribution is 7.15. The fourth-order valence-electron chi connectivity index (χ4n) is 5.32. The van der Waals surface area contributed by atoms with Crippen molar-refractivity contribution >= 4 is 34.1 Å². The molecule has 2 aromatic carbocycles. The molecule has 0 bridgehead atoms. The average molecular weight is 513 g/mol. The summed E-state index contributed by atoms with van der Waals surface area (Å²) in [6.45, 7) is 3.21. The zero-order valence-electron chi connectivity index (χ0n) is 21.4. The minimum atomic E-state index is -0.103. The van der Waals surface area contributed by atoms with Crippen LogP contribution in [0.1, 0.15) is 69.4 Å². The van der Waals surface area contributed by atoms with Crippen molar-refractivity contribution in [3.05, 3.63) is 76.6 Å². The lowest BCUT2D eigenvalue weighted by molar-refractivity contribution is 0.0598. The minimum absolute atomic E-state index is 0.00990. The summed E-state index contributed by atoms with van der Waals surface area (Å²) in [4.78, 5) is 34.8. The molecule has 1 N–H and O–H groups in total. The number of hydrogen-bond donors (Lipinski definition) is 1. The smallest absolute Gasteiger partial charge is 0.274 e. The maximum Gasteiger partial charge on any atom is 0.274 e. The standard InChI is InChI=1S/C30H32N4O2S/c1-19-6-5-7-22(16-19)27-26(32-29(37-27)20-9-10-20)30(36)34-14-4-3-8-24(34)18-31-28(35)23-11-12-25-21(17-23)13-15-33(25)2/h5-7,11-13,15-17,20,24H,3-4,8-10,14,18H2,1-2H3,(H,31,35)/t24-/m0/s1. The van der Waals surface area contributed by atoms with E-state index in [-0.39, 0.29) is 17.9 Å². The lowest BCUT2D eigenvalue weighted by atomic mass is 10.0. The van der Waals surface area contributed by atoms with Crippen LogP contribution < -0.4 is 5.32 Å². The number of benzene rings is 2. The van der Waals surface area contributed by atoms with Crippen molar-refractivity contribution in [3.8, 4) is 10.4 Å². The highest BCUT2D eigenvalue weighted by Crippen LogP contribution is 2.45. The van der Waals surface area contributed by atoms with Crippen LogP contribution in [-0.4, -0.2) is 45.4 Å². The van der Waals surface area contributed by atoms with E-state index in [9.17, 15) is 9.59 Å². The maximum absolute atomic E-state index is 14.0. The van der Waals surface area contributed by atoms with Crippen molar-refractivity contribution in [2.45, 2.75) is 51.0 Å². The summed E-state index contributed by atoms with van der Waals surface area (Å²) in [6.07, 6.45) is 7.21. The number of thiazole rings is 1. The Morgan fingerprint density at radius 1 is 1.08 bits per heavy atom. The Labute approximate surface area is 221 Å². The third kappa shape index (κ3) is 4.80. The summed E-state index contributed by atoms with van der Waals surface area (Å²) in [5, 5.41) is 5.23. The van der Waals surface area contributed by atoms with Gasteiger partial charge in [0.25, 0.3) is 11.8 Å². The van der Waals surface area contributed by atoms with Crippen molar-refractivity contribution in [1.29, 1.82) is 0 Å². The molecule has 0 radical (unpaired) electrons. The van der Waals surface area contributed by atoms with Crippen LogP contribution in [0.25, 0.3) is 21.3 Å². The van der Waals surface area contributed by atoms with E-state index in [1.54, 1.807) is 11.3 Å². The molecular weight excluding hydrogens is 480 g/mol. The average Bonchev–Trinajstić information content (AvgIpc) is 3.57. The van der Waals surface area contributed by atoms with Crippen LogP contribution in [0.5, 0.6) is 0 Å². The van der Waals surface area contributed by atoms with E-state index in [1.165, 1.54) is 5.56 Å². The first kappa shape index (κ1) is 23.9. The van der Waals surface area contributed by atoms with Gasteiger partial charge in [-0.2, -0.15) is 0 Å². The number of carbonyl (C=O) groups is 2. The number of carbonyl (C=O) groups excluding carboxylic acids is 2. The second-order valence-electron chi connectivity index (χ2n) is 10.4. The van der Waals surface area contributed by atoms with Gasteiger partial charge in [0.05, 0.1) is 9.88 Å². The second kappa shape index (κ2) is 9.78. The molecule has 2 aromatic heterocycles. The van der Waals surface area contributed by atoms with Crippen molar-refractivity contribution in [1.82, 2.24) is 19.8 Å². The van der Waals surface area contributed by atoms with E-state index in [1.807, 2.05) is 53.0 Å². The zero-order valence-corrected chi connectivity index (χ0v) is 22.2. The minimum Gasteiger partial charge on any atom is -0.351 e. The van der Waals surface area contributed by atoms with Crippen LogP contribution in [0.3, 0.4) is 0 Å². The first-order valence-electron chi connectivity index (χ1n) is 13.2. The Morgan fingerprint density at radius 2 is 1.95 bits per heavy atom. The molecule has 37 heavy (non-hydrogen) atoms. The maximum atomic E-state index is 14.0. The topological polar surface area (TPSA) is 67.2 Å². The largest absolute Gasteiger partial charge is 0.351 e. The molecule has 190 valence electrons. The van der Waals surface area contributed by atoms with Gasteiger partial charge >= 0.3 is 0 Å². The fourth-order valence-corrected chi connectivity index (χ4v) is 6.54. The Hall–Kier alpha value is -3.45. The number of nitrogens with zero attached hydrogens (tertiary/aromatic N) is 3. The van der Waals surface area contributed by atoms with Crippen molar-refractivity contribution in [3.63, 3.8) is 0 Å². The quantitative estimate of drug-likeness (QED) is 0.349. The van der Waals surface area contributed by atoms with Crippen LogP contribution in [-0.2, 0) is 7.05 Å². The van der Waals surface area contributed by atoms with Gasteiger partial charge in [-0.3, -0.25) is 9.59 Å². The van der Waals surface area contributed by atoms with Crippen LogP contribution >= 0.6 is 11.3 Å². The fraction of sp³-hybridized carbons (Fsp3) is 0.367. The summed E-state index contributed by atoms with van der Waals surface area (Å²) in [5.74, 6) is 0.381. The molecule has 7 heteroatoms. The molecule has 3 heterocycles. The van der Waals surface area contributed by atoms with E-state index in [4.69, 9.17) is 4.98 Å². The summed E-state index contributed by atoms with van der Waals surface area (Å²) >= 11 is 1.67. The third-order valence-electron chi connectivity index (χ3n) is 7.59. The molecule has 1 saturated heterocycles. The van der Waals surface area contributed by atoms with E-state index < -0.39 is 0 Å². The van der Waals surface area contributed by atoms with Crippen LogP contribution in [0.15, 0.2) is 54.7 Å². The summed E-state index contributed by atoms with van der Waals surface area (Å²) < 4.78 is 2.04. The van der Waals surface area contributed by atoms with Gasteiger partial charge in [0.1, 0.15) is 5.69 Å². The molecule has 2 amide bonds. The van der Waals surface area contributed by atoms with Gasteiger partial charge in [0.15, 0.2) is 0 Å². The number of piperidine rings is 1. The van der Waals surface area contributed by atoms with Gasteiger partial charge in [0, 0.05) is 54.8 Å². The van der Waals surface area contributed by atoms with Gasteiger partial charge in [0.2, 0.25) is 0 Å². The summed E-state index contributed by atoms with van der Waals surface area (Å²) in [7, 11) is 2.00. The highest BCUT2D eigenvalue weighted by atomic mass is 32.1. The summed E-state index contributed by atoms with van der Waals surface area (Å²) in [6, 6.07) is 16.1. The van der Waals surface area contributed by atoms with Gasteiger partial charge in [-0.15, -0.1) is 11.3 Å². The molecule has 0 spiro atoms. The first-order valence-corrected chi connectivity index (χ1v) is 14.0. The normalized spacial score (nSPS) is 17.8. The van der Waals surface area contributed by atoms with Crippen molar-refractivity contribution < 1.29 is 9.59 Å². The number of aromatic nitrogens is 2. The molecule has 2 fully saturated rings. The molecule has 6 rings (SSSR count). The molecule has 1 saturated carbocycles. The Kier molecular flexibility index (Phi) is 6.32. The number of nitrogens with one attached hydrogen (secondary N) is 1. The van der Waals surface area contributed by atoms with Gasteiger partial charge in [-0.1, -0.05) is 29.8 Å². The monoisotopic (exact) mass is 512 g/mol. The van der Waals surface area contributed by atoms with Crippen LogP contribution in [0.2, 0.25) is 0 Å². The van der Waals surface area contributed by atoms with Gasteiger partial charge < -0.3 is 14.8 Å². The van der Waals surface area contributed by atoms with Gasteiger partial charge in [-0.05, 0) is 68.9 Å². The Bertz CT molecular complexity index is 1480. The zero-order chi connectivity index (χ0) is 25.5. The lowest BCUT2D eigenvalue weighted by Gasteiger charge is -2.35.